The molecule has 1 aliphatic rings. The zero-order chi connectivity index (χ0) is 21.3. The molecule has 3 rings (SSSR count). The summed E-state index contributed by atoms with van der Waals surface area (Å²) < 4.78 is 6.07. The van der Waals surface area contributed by atoms with Crippen LogP contribution < -0.4 is 10.7 Å². The third-order valence-corrected chi connectivity index (χ3v) is 6.44. The first-order valence-electron chi connectivity index (χ1n) is 10.8. The van der Waals surface area contributed by atoms with Crippen LogP contribution in [0.2, 0.25) is 0 Å². The predicted molar refractivity (Wildman–Crippen MR) is 122 cm³/mol. The molecule has 0 bridgehead atoms. The zero-order valence-corrected chi connectivity index (χ0v) is 18.1. The maximum Gasteiger partial charge on any atom is 0.339 e. The van der Waals surface area contributed by atoms with Gasteiger partial charge in [-0.05, 0) is 47.8 Å². The number of nitrogens with zero attached hydrogens (tertiary/aromatic N) is 1. The van der Waals surface area contributed by atoms with Crippen LogP contribution in [0.25, 0.3) is 0 Å². The molecular formula is C25H33N3O2. The van der Waals surface area contributed by atoms with Crippen LogP contribution in [0.5, 0.6) is 0 Å². The Morgan fingerprint density at radius 3 is 2.40 bits per heavy atom. The van der Waals surface area contributed by atoms with Gasteiger partial charge in [0.1, 0.15) is 0 Å². The predicted octanol–water partition coefficient (Wildman–Crippen LogP) is 5.56. The largest absolute Gasteiger partial charge is 0.376 e. The van der Waals surface area contributed by atoms with Crippen LogP contribution in [0.15, 0.2) is 65.8 Å². The van der Waals surface area contributed by atoms with Gasteiger partial charge in [0.2, 0.25) is 0 Å². The number of nitrogens with one attached hydrogen (secondary N) is 2. The number of hydrogen-bond donors (Lipinski definition) is 2. The standard InChI is InChI=1S/C25H33N3O2/c1-18-14-22(17-30-16-21-10-6-4-7-11-21)24(20(3)19(18)2)15-26-28-25(29)27-23-12-8-5-9-13-23/h4-13,15,18-20,22,24H,14,16-17H2,1-3H3,(H2,27,28,29)/b26-15+. The lowest BCUT2D eigenvalue weighted by Gasteiger charge is -2.42. The lowest BCUT2D eigenvalue weighted by atomic mass is 9.64. The van der Waals surface area contributed by atoms with E-state index in [4.69, 9.17) is 4.74 Å². The number of amides is 2. The number of benzene rings is 2. The van der Waals surface area contributed by atoms with Gasteiger partial charge in [-0.3, -0.25) is 0 Å². The van der Waals surface area contributed by atoms with Gasteiger partial charge in [0.05, 0.1) is 13.2 Å². The van der Waals surface area contributed by atoms with Crippen molar-refractivity contribution in [1.82, 2.24) is 5.43 Å². The van der Waals surface area contributed by atoms with E-state index in [0.29, 0.717) is 36.9 Å². The van der Waals surface area contributed by atoms with Crippen molar-refractivity contribution in [3.63, 3.8) is 0 Å². The molecule has 0 aliphatic heterocycles. The highest BCUT2D eigenvalue weighted by molar-refractivity contribution is 5.89. The first-order valence-corrected chi connectivity index (χ1v) is 10.8. The number of anilines is 1. The Morgan fingerprint density at radius 1 is 1.03 bits per heavy atom. The number of ether oxygens (including phenoxy) is 1. The molecule has 1 fully saturated rings. The summed E-state index contributed by atoms with van der Waals surface area (Å²) in [6.07, 6.45) is 3.02. The second-order valence-electron chi connectivity index (χ2n) is 8.48. The Bertz CT molecular complexity index is 810. The van der Waals surface area contributed by atoms with Crippen molar-refractivity contribution in [3.8, 4) is 0 Å². The number of para-hydroxylation sites is 1. The number of hydrazone groups is 1. The molecule has 2 aromatic carbocycles. The van der Waals surface area contributed by atoms with E-state index in [0.717, 1.165) is 12.1 Å². The van der Waals surface area contributed by atoms with Crippen molar-refractivity contribution >= 4 is 17.9 Å². The summed E-state index contributed by atoms with van der Waals surface area (Å²) in [7, 11) is 0. The third kappa shape index (κ3) is 6.17. The van der Waals surface area contributed by atoms with Crippen LogP contribution >= 0.6 is 0 Å². The van der Waals surface area contributed by atoms with E-state index in [2.05, 4.69) is 48.7 Å². The van der Waals surface area contributed by atoms with E-state index in [-0.39, 0.29) is 11.9 Å². The lowest BCUT2D eigenvalue weighted by molar-refractivity contribution is 0.0191. The first-order chi connectivity index (χ1) is 14.5. The first kappa shape index (κ1) is 22.0. The molecule has 5 nitrogen and oxygen atoms in total. The number of carbonyl (C=O) groups is 1. The molecule has 1 aliphatic carbocycles. The highest BCUT2D eigenvalue weighted by Crippen LogP contribution is 2.41. The van der Waals surface area contributed by atoms with Crippen molar-refractivity contribution in [2.75, 3.05) is 11.9 Å². The molecule has 2 aromatic rings. The molecule has 0 heterocycles. The normalized spacial score (nSPS) is 26.4. The molecule has 30 heavy (non-hydrogen) atoms. The van der Waals surface area contributed by atoms with Crippen LogP contribution in [-0.2, 0) is 11.3 Å². The van der Waals surface area contributed by atoms with Crippen molar-refractivity contribution in [2.24, 2.45) is 34.7 Å². The molecule has 0 radical (unpaired) electrons. The molecule has 0 spiro atoms. The molecule has 2 amide bonds. The minimum absolute atomic E-state index is 0.268. The van der Waals surface area contributed by atoms with Crippen molar-refractivity contribution in [3.05, 3.63) is 66.2 Å². The summed E-state index contributed by atoms with van der Waals surface area (Å²) >= 11 is 0. The third-order valence-electron chi connectivity index (χ3n) is 6.44. The molecule has 5 atom stereocenters. The van der Waals surface area contributed by atoms with Gasteiger partial charge >= 0.3 is 6.03 Å². The summed E-state index contributed by atoms with van der Waals surface area (Å²) in [6.45, 7) is 8.24. The number of rotatable bonds is 7. The molecule has 160 valence electrons. The van der Waals surface area contributed by atoms with Crippen LogP contribution in [0.4, 0.5) is 10.5 Å². The fraction of sp³-hybridized carbons (Fsp3) is 0.440. The molecule has 5 heteroatoms. The zero-order valence-electron chi connectivity index (χ0n) is 18.1. The van der Waals surface area contributed by atoms with Gasteiger partial charge in [-0.25, -0.2) is 10.2 Å². The Morgan fingerprint density at radius 2 is 1.70 bits per heavy atom. The van der Waals surface area contributed by atoms with Gasteiger partial charge in [-0.1, -0.05) is 69.3 Å². The Balaban J connectivity index is 1.56. The molecule has 0 saturated heterocycles. The van der Waals surface area contributed by atoms with Crippen molar-refractivity contribution in [2.45, 2.75) is 33.8 Å². The summed E-state index contributed by atoms with van der Waals surface area (Å²) in [4.78, 5) is 12.1. The molecule has 0 aromatic heterocycles. The minimum Gasteiger partial charge on any atom is -0.376 e. The number of hydrogen-bond acceptors (Lipinski definition) is 3. The van der Waals surface area contributed by atoms with Crippen molar-refractivity contribution in [1.29, 1.82) is 0 Å². The average Bonchev–Trinajstić information content (AvgIpc) is 2.75. The second kappa shape index (κ2) is 10.9. The number of urea groups is 1. The molecule has 1 saturated carbocycles. The maximum atomic E-state index is 12.1. The summed E-state index contributed by atoms with van der Waals surface area (Å²) in [5.74, 6) is 2.37. The maximum absolute atomic E-state index is 12.1. The van der Waals surface area contributed by atoms with Gasteiger partial charge in [0, 0.05) is 17.8 Å². The molecular weight excluding hydrogens is 374 g/mol. The molecule has 5 unspecified atom stereocenters. The second-order valence-corrected chi connectivity index (χ2v) is 8.48. The van der Waals surface area contributed by atoms with Crippen molar-refractivity contribution < 1.29 is 9.53 Å². The van der Waals surface area contributed by atoms with Gasteiger partial charge in [-0.15, -0.1) is 0 Å². The Kier molecular flexibility index (Phi) is 8.03. The summed E-state index contributed by atoms with van der Waals surface area (Å²) in [5, 5.41) is 7.06. The summed E-state index contributed by atoms with van der Waals surface area (Å²) in [5.41, 5.74) is 4.53. The monoisotopic (exact) mass is 407 g/mol. The van der Waals surface area contributed by atoms with E-state index in [1.165, 1.54) is 5.56 Å². The van der Waals surface area contributed by atoms with Gasteiger partial charge in [0.25, 0.3) is 0 Å². The van der Waals surface area contributed by atoms with E-state index in [1.54, 1.807) is 0 Å². The quantitative estimate of drug-likeness (QED) is 0.466. The van der Waals surface area contributed by atoms with E-state index < -0.39 is 0 Å². The van der Waals surface area contributed by atoms with Crippen LogP contribution in [-0.4, -0.2) is 18.9 Å². The fourth-order valence-corrected chi connectivity index (χ4v) is 4.35. The highest BCUT2D eigenvalue weighted by Gasteiger charge is 2.37. The van der Waals surface area contributed by atoms with E-state index in [9.17, 15) is 4.79 Å². The van der Waals surface area contributed by atoms with E-state index in [1.807, 2.05) is 54.7 Å². The van der Waals surface area contributed by atoms with Crippen LogP contribution in [0, 0.1) is 29.6 Å². The molecule has 2 N–H and O–H groups in total. The van der Waals surface area contributed by atoms with Crippen LogP contribution in [0.3, 0.4) is 0 Å². The summed E-state index contributed by atoms with van der Waals surface area (Å²) in [6, 6.07) is 19.3. The van der Waals surface area contributed by atoms with Crippen LogP contribution in [0.1, 0.15) is 32.8 Å². The minimum atomic E-state index is -0.334. The van der Waals surface area contributed by atoms with Gasteiger partial charge in [-0.2, -0.15) is 5.10 Å². The lowest BCUT2D eigenvalue weighted by Crippen LogP contribution is -2.40. The smallest absolute Gasteiger partial charge is 0.339 e. The van der Waals surface area contributed by atoms with E-state index >= 15 is 0 Å². The fourth-order valence-electron chi connectivity index (χ4n) is 4.35. The Hall–Kier alpha value is -2.66. The average molecular weight is 408 g/mol. The van der Waals surface area contributed by atoms with Gasteiger partial charge < -0.3 is 10.1 Å². The topological polar surface area (TPSA) is 62.7 Å². The Labute approximate surface area is 179 Å². The highest BCUT2D eigenvalue weighted by atomic mass is 16.5. The number of carbonyl (C=O) groups excluding carboxylic acids is 1. The SMILES string of the molecule is CC1CC(COCc2ccccc2)C(/C=N/NC(=O)Nc2ccccc2)C(C)C1C. The van der Waals surface area contributed by atoms with Gasteiger partial charge in [0.15, 0.2) is 0 Å².